The van der Waals surface area contributed by atoms with Crippen LogP contribution in [0.5, 0.6) is 0 Å². The van der Waals surface area contributed by atoms with E-state index in [0.29, 0.717) is 23.3 Å². The van der Waals surface area contributed by atoms with Gasteiger partial charge in [-0.25, -0.2) is 0 Å². The number of hydrogen-bond donors (Lipinski definition) is 1. The fourth-order valence-electron chi connectivity index (χ4n) is 3.98. The molecule has 1 atom stereocenters. The van der Waals surface area contributed by atoms with E-state index in [2.05, 4.69) is 19.2 Å². The minimum absolute atomic E-state index is 0.138. The molecule has 3 nitrogen and oxygen atoms in total. The Balaban J connectivity index is 1.95. The van der Waals surface area contributed by atoms with E-state index in [0.717, 1.165) is 18.4 Å². The molecule has 4 heteroatoms. The molecule has 1 spiro atoms. The van der Waals surface area contributed by atoms with Crippen molar-refractivity contribution >= 4 is 23.4 Å². The number of rotatable bonds is 2. The van der Waals surface area contributed by atoms with Gasteiger partial charge < -0.3 is 0 Å². The minimum atomic E-state index is -0.260. The van der Waals surface area contributed by atoms with Crippen molar-refractivity contribution in [2.45, 2.75) is 39.0 Å². The summed E-state index contributed by atoms with van der Waals surface area (Å²) in [7, 11) is 0. The van der Waals surface area contributed by atoms with Crippen LogP contribution in [0.2, 0.25) is 5.02 Å². The standard InChI is InChI=1S/C17H20ClNO2/c1-10(2)12-7-17(8-12)9-14(20)19-16(21)15(17)11-4-3-5-13(18)6-11/h3-6,10,12,15H,7-9H2,1-2H3,(H,19,20,21). The summed E-state index contributed by atoms with van der Waals surface area (Å²) < 4.78 is 0. The van der Waals surface area contributed by atoms with E-state index >= 15 is 0 Å². The average Bonchev–Trinajstić information content (AvgIpc) is 2.34. The van der Waals surface area contributed by atoms with Gasteiger partial charge in [0.2, 0.25) is 11.8 Å². The highest BCUT2D eigenvalue weighted by atomic mass is 35.5. The van der Waals surface area contributed by atoms with Crippen molar-refractivity contribution < 1.29 is 9.59 Å². The third-order valence-corrected chi connectivity index (χ3v) is 5.35. The molecular weight excluding hydrogens is 286 g/mol. The van der Waals surface area contributed by atoms with E-state index in [-0.39, 0.29) is 23.1 Å². The van der Waals surface area contributed by atoms with Crippen LogP contribution in [0.15, 0.2) is 24.3 Å². The summed E-state index contributed by atoms with van der Waals surface area (Å²) in [6.07, 6.45) is 2.33. The molecule has 2 aliphatic rings. The quantitative estimate of drug-likeness (QED) is 0.850. The fourth-order valence-corrected chi connectivity index (χ4v) is 4.18. The third kappa shape index (κ3) is 2.48. The molecule has 112 valence electrons. The van der Waals surface area contributed by atoms with Gasteiger partial charge in [0.15, 0.2) is 0 Å². The van der Waals surface area contributed by atoms with Crippen molar-refractivity contribution in [2.24, 2.45) is 17.3 Å². The topological polar surface area (TPSA) is 46.2 Å². The number of hydrogen-bond acceptors (Lipinski definition) is 2. The second-order valence-electron chi connectivity index (χ2n) is 6.85. The van der Waals surface area contributed by atoms with Crippen molar-refractivity contribution in [3.63, 3.8) is 0 Å². The van der Waals surface area contributed by atoms with Gasteiger partial charge in [0.1, 0.15) is 0 Å². The second kappa shape index (κ2) is 5.13. The van der Waals surface area contributed by atoms with E-state index in [4.69, 9.17) is 11.6 Å². The Labute approximate surface area is 130 Å². The molecule has 1 saturated carbocycles. The van der Waals surface area contributed by atoms with Crippen molar-refractivity contribution in [1.82, 2.24) is 5.32 Å². The first-order valence-electron chi connectivity index (χ1n) is 7.50. The van der Waals surface area contributed by atoms with Gasteiger partial charge >= 0.3 is 0 Å². The van der Waals surface area contributed by atoms with Gasteiger partial charge in [-0.2, -0.15) is 0 Å². The molecule has 3 rings (SSSR count). The number of carbonyl (C=O) groups is 2. The predicted octanol–water partition coefficient (Wildman–Crippen LogP) is 3.52. The number of halogens is 1. The van der Waals surface area contributed by atoms with Crippen LogP contribution in [0, 0.1) is 17.3 Å². The molecule has 1 saturated heterocycles. The van der Waals surface area contributed by atoms with Gasteiger partial charge in [-0.05, 0) is 47.8 Å². The lowest BCUT2D eigenvalue weighted by atomic mass is 9.50. The maximum Gasteiger partial charge on any atom is 0.234 e. The summed E-state index contributed by atoms with van der Waals surface area (Å²) in [4.78, 5) is 24.3. The molecule has 0 aromatic heterocycles. The van der Waals surface area contributed by atoms with Crippen LogP contribution >= 0.6 is 11.6 Å². The zero-order chi connectivity index (χ0) is 15.2. The Hall–Kier alpha value is -1.35. The van der Waals surface area contributed by atoms with Crippen molar-refractivity contribution in [2.75, 3.05) is 0 Å². The van der Waals surface area contributed by atoms with Crippen LogP contribution < -0.4 is 5.32 Å². The fraction of sp³-hybridized carbons (Fsp3) is 0.529. The highest BCUT2D eigenvalue weighted by Crippen LogP contribution is 2.60. The highest BCUT2D eigenvalue weighted by Gasteiger charge is 2.56. The average molecular weight is 306 g/mol. The molecule has 1 unspecified atom stereocenters. The van der Waals surface area contributed by atoms with Gasteiger partial charge in [0.05, 0.1) is 5.92 Å². The molecule has 21 heavy (non-hydrogen) atoms. The molecule has 1 aliphatic carbocycles. The monoisotopic (exact) mass is 305 g/mol. The number of imide groups is 1. The van der Waals surface area contributed by atoms with Crippen molar-refractivity contribution in [3.8, 4) is 0 Å². The first-order valence-corrected chi connectivity index (χ1v) is 7.88. The lowest BCUT2D eigenvalue weighted by molar-refractivity contribution is -0.147. The molecule has 0 bridgehead atoms. The third-order valence-electron chi connectivity index (χ3n) is 5.11. The van der Waals surface area contributed by atoms with Gasteiger partial charge in [-0.1, -0.05) is 37.6 Å². The zero-order valence-electron chi connectivity index (χ0n) is 12.4. The minimum Gasteiger partial charge on any atom is -0.296 e. The number of nitrogens with one attached hydrogen (secondary N) is 1. The highest BCUT2D eigenvalue weighted by molar-refractivity contribution is 6.30. The smallest absolute Gasteiger partial charge is 0.234 e. The van der Waals surface area contributed by atoms with Crippen LogP contribution in [0.4, 0.5) is 0 Å². The predicted molar refractivity (Wildman–Crippen MR) is 82.0 cm³/mol. The van der Waals surface area contributed by atoms with Crippen molar-refractivity contribution in [3.05, 3.63) is 34.9 Å². The Kier molecular flexibility index (Phi) is 3.56. The normalized spacial score (nSPS) is 32.2. The molecular formula is C17H20ClNO2. The van der Waals surface area contributed by atoms with Gasteiger partial charge in [-0.3, -0.25) is 14.9 Å². The van der Waals surface area contributed by atoms with E-state index in [1.165, 1.54) is 0 Å². The van der Waals surface area contributed by atoms with Gasteiger partial charge in [0.25, 0.3) is 0 Å². The van der Waals surface area contributed by atoms with Gasteiger partial charge in [-0.15, -0.1) is 0 Å². The molecule has 2 amide bonds. The Bertz CT molecular complexity index is 590. The molecule has 1 aromatic rings. The van der Waals surface area contributed by atoms with Crippen LogP contribution in [-0.2, 0) is 9.59 Å². The summed E-state index contributed by atoms with van der Waals surface area (Å²) >= 11 is 6.08. The maximum absolute atomic E-state index is 12.4. The lowest BCUT2D eigenvalue weighted by Crippen LogP contribution is -2.56. The summed E-state index contributed by atoms with van der Waals surface area (Å²) in [5.74, 6) is 0.626. The molecule has 2 fully saturated rings. The first kappa shape index (κ1) is 14.6. The van der Waals surface area contributed by atoms with E-state index in [1.807, 2.05) is 18.2 Å². The molecule has 1 aromatic carbocycles. The van der Waals surface area contributed by atoms with E-state index in [1.54, 1.807) is 6.07 Å². The van der Waals surface area contributed by atoms with Crippen molar-refractivity contribution in [1.29, 1.82) is 0 Å². The number of piperidine rings is 1. The first-order chi connectivity index (χ1) is 9.91. The SMILES string of the molecule is CC(C)C1CC2(CC(=O)NC(=O)C2c2cccc(Cl)c2)C1. The van der Waals surface area contributed by atoms with Gasteiger partial charge in [0, 0.05) is 11.4 Å². The Morgan fingerprint density at radius 3 is 2.62 bits per heavy atom. The lowest BCUT2D eigenvalue weighted by Gasteiger charge is -2.55. The summed E-state index contributed by atoms with van der Waals surface area (Å²) in [6.45, 7) is 4.41. The van der Waals surface area contributed by atoms with E-state index in [9.17, 15) is 9.59 Å². The largest absolute Gasteiger partial charge is 0.296 e. The molecule has 0 radical (unpaired) electrons. The van der Waals surface area contributed by atoms with Crippen LogP contribution in [0.3, 0.4) is 0 Å². The van der Waals surface area contributed by atoms with Crippen LogP contribution in [0.1, 0.15) is 44.6 Å². The Morgan fingerprint density at radius 1 is 1.29 bits per heavy atom. The molecule has 1 N–H and O–H groups in total. The van der Waals surface area contributed by atoms with Crippen LogP contribution in [0.25, 0.3) is 0 Å². The number of amides is 2. The maximum atomic E-state index is 12.4. The second-order valence-corrected chi connectivity index (χ2v) is 7.29. The zero-order valence-corrected chi connectivity index (χ0v) is 13.1. The Morgan fingerprint density at radius 2 is 2.00 bits per heavy atom. The van der Waals surface area contributed by atoms with Crippen LogP contribution in [-0.4, -0.2) is 11.8 Å². The summed E-state index contributed by atoms with van der Waals surface area (Å²) in [6, 6.07) is 7.47. The molecule has 1 aliphatic heterocycles. The summed E-state index contributed by atoms with van der Waals surface area (Å²) in [5, 5.41) is 3.13. The summed E-state index contributed by atoms with van der Waals surface area (Å²) in [5.41, 5.74) is 0.716. The van der Waals surface area contributed by atoms with E-state index < -0.39 is 0 Å². The number of benzene rings is 1. The number of carbonyl (C=O) groups excluding carboxylic acids is 2. The molecule has 1 heterocycles.